The van der Waals surface area contributed by atoms with Crippen molar-refractivity contribution in [1.29, 1.82) is 5.26 Å². The summed E-state index contributed by atoms with van der Waals surface area (Å²) in [6, 6.07) is 9.18. The van der Waals surface area contributed by atoms with Crippen LogP contribution in [0.3, 0.4) is 0 Å². The Kier molecular flexibility index (Phi) is 5.28. The summed E-state index contributed by atoms with van der Waals surface area (Å²) < 4.78 is 10.7. The first-order chi connectivity index (χ1) is 7.36. The lowest BCUT2D eigenvalue weighted by Crippen LogP contribution is -2.07. The zero-order valence-electron chi connectivity index (χ0n) is 8.90. The summed E-state index contributed by atoms with van der Waals surface area (Å²) in [4.78, 5) is 0. The number of ether oxygens (including phenoxy) is 2. The third-order valence-electron chi connectivity index (χ3n) is 1.81. The second-order valence-electron chi connectivity index (χ2n) is 3.10. The monoisotopic (exact) mass is 205 g/mol. The van der Waals surface area contributed by atoms with Gasteiger partial charge in [0.2, 0.25) is 0 Å². The van der Waals surface area contributed by atoms with Gasteiger partial charge in [0.1, 0.15) is 12.4 Å². The van der Waals surface area contributed by atoms with Gasteiger partial charge in [-0.15, -0.1) is 0 Å². The Balaban J connectivity index is 2.28. The van der Waals surface area contributed by atoms with Crippen LogP contribution < -0.4 is 4.74 Å². The van der Waals surface area contributed by atoms with Crippen molar-refractivity contribution in [3.05, 3.63) is 29.8 Å². The van der Waals surface area contributed by atoms with Gasteiger partial charge in [-0.1, -0.05) is 13.0 Å². The molecule has 1 rings (SSSR count). The zero-order chi connectivity index (χ0) is 10.9. The maximum absolute atomic E-state index is 8.67. The van der Waals surface area contributed by atoms with E-state index in [0.29, 0.717) is 24.5 Å². The molecule has 1 aromatic rings. The quantitative estimate of drug-likeness (QED) is 0.669. The van der Waals surface area contributed by atoms with Crippen LogP contribution in [-0.4, -0.2) is 19.8 Å². The smallest absolute Gasteiger partial charge is 0.120 e. The van der Waals surface area contributed by atoms with Crippen LogP contribution >= 0.6 is 0 Å². The molecule has 0 radical (unpaired) electrons. The second-order valence-corrected chi connectivity index (χ2v) is 3.10. The maximum atomic E-state index is 8.67. The maximum Gasteiger partial charge on any atom is 0.120 e. The van der Waals surface area contributed by atoms with Crippen molar-refractivity contribution < 1.29 is 9.47 Å². The molecule has 80 valence electrons. The molecule has 3 heteroatoms. The van der Waals surface area contributed by atoms with Gasteiger partial charge >= 0.3 is 0 Å². The Bertz CT molecular complexity index is 331. The lowest BCUT2D eigenvalue weighted by atomic mass is 10.2. The number of nitriles is 1. The van der Waals surface area contributed by atoms with Crippen molar-refractivity contribution in [2.75, 3.05) is 19.8 Å². The van der Waals surface area contributed by atoms with Crippen molar-refractivity contribution in [3.8, 4) is 11.8 Å². The van der Waals surface area contributed by atoms with Gasteiger partial charge in [-0.3, -0.25) is 0 Å². The van der Waals surface area contributed by atoms with E-state index in [1.54, 1.807) is 18.2 Å². The highest BCUT2D eigenvalue weighted by Crippen LogP contribution is 2.12. The van der Waals surface area contributed by atoms with Crippen molar-refractivity contribution in [2.24, 2.45) is 0 Å². The Morgan fingerprint density at radius 1 is 1.27 bits per heavy atom. The third kappa shape index (κ3) is 4.48. The average molecular weight is 205 g/mol. The lowest BCUT2D eigenvalue weighted by Gasteiger charge is -2.06. The summed E-state index contributed by atoms with van der Waals surface area (Å²) in [6.07, 6.45) is 1.02. The predicted octanol–water partition coefficient (Wildman–Crippen LogP) is 2.36. The van der Waals surface area contributed by atoms with Gasteiger partial charge in [0.15, 0.2) is 0 Å². The molecule has 0 saturated carbocycles. The Hall–Kier alpha value is -1.53. The molecular formula is C12H15NO2. The van der Waals surface area contributed by atoms with E-state index >= 15 is 0 Å². The fraction of sp³-hybridized carbons (Fsp3) is 0.417. The van der Waals surface area contributed by atoms with Crippen LogP contribution in [0.5, 0.6) is 5.75 Å². The number of rotatable bonds is 6. The van der Waals surface area contributed by atoms with E-state index < -0.39 is 0 Å². The number of hydrogen-bond donors (Lipinski definition) is 0. The molecule has 0 saturated heterocycles. The van der Waals surface area contributed by atoms with E-state index in [1.165, 1.54) is 0 Å². The predicted molar refractivity (Wildman–Crippen MR) is 57.8 cm³/mol. The number of benzene rings is 1. The van der Waals surface area contributed by atoms with Crippen LogP contribution in [-0.2, 0) is 4.74 Å². The van der Waals surface area contributed by atoms with Gasteiger partial charge in [-0.25, -0.2) is 0 Å². The molecule has 0 aromatic heterocycles. The van der Waals surface area contributed by atoms with E-state index in [-0.39, 0.29) is 0 Å². The molecule has 0 amide bonds. The molecule has 0 unspecified atom stereocenters. The van der Waals surface area contributed by atoms with Crippen LogP contribution in [0, 0.1) is 11.3 Å². The van der Waals surface area contributed by atoms with E-state index in [0.717, 1.165) is 13.0 Å². The molecule has 0 aliphatic rings. The fourth-order valence-electron chi connectivity index (χ4n) is 1.12. The minimum atomic E-state index is 0.523. The highest BCUT2D eigenvalue weighted by atomic mass is 16.5. The summed E-state index contributed by atoms with van der Waals surface area (Å²) in [5, 5.41) is 8.67. The van der Waals surface area contributed by atoms with Crippen LogP contribution in [0.4, 0.5) is 0 Å². The van der Waals surface area contributed by atoms with Crippen LogP contribution in [0.25, 0.3) is 0 Å². The molecule has 0 heterocycles. The van der Waals surface area contributed by atoms with Crippen LogP contribution in [0.1, 0.15) is 18.9 Å². The first-order valence-electron chi connectivity index (χ1n) is 5.07. The summed E-state index contributed by atoms with van der Waals surface area (Å²) in [6.45, 7) is 3.94. The third-order valence-corrected chi connectivity index (χ3v) is 1.81. The number of nitrogens with zero attached hydrogens (tertiary/aromatic N) is 1. The summed E-state index contributed by atoms with van der Waals surface area (Å²) in [5.74, 6) is 0.717. The molecule has 0 spiro atoms. The molecule has 0 N–H and O–H groups in total. The topological polar surface area (TPSA) is 42.2 Å². The standard InChI is InChI=1S/C12H15NO2/c1-2-6-14-7-8-15-12-5-3-4-11(9-12)10-13/h3-5,9H,2,6-8H2,1H3. The largest absolute Gasteiger partial charge is 0.491 e. The van der Waals surface area contributed by atoms with Crippen molar-refractivity contribution in [1.82, 2.24) is 0 Å². The first-order valence-corrected chi connectivity index (χ1v) is 5.07. The van der Waals surface area contributed by atoms with Crippen LogP contribution in [0.15, 0.2) is 24.3 Å². The normalized spacial score (nSPS) is 9.60. The Labute approximate surface area is 90.2 Å². The Morgan fingerprint density at radius 2 is 2.13 bits per heavy atom. The fourth-order valence-corrected chi connectivity index (χ4v) is 1.12. The summed E-state index contributed by atoms with van der Waals surface area (Å²) in [5.41, 5.74) is 0.613. The van der Waals surface area contributed by atoms with Crippen molar-refractivity contribution in [2.45, 2.75) is 13.3 Å². The number of hydrogen-bond acceptors (Lipinski definition) is 3. The van der Waals surface area contributed by atoms with E-state index in [9.17, 15) is 0 Å². The molecular weight excluding hydrogens is 190 g/mol. The van der Waals surface area contributed by atoms with E-state index in [1.807, 2.05) is 6.07 Å². The SMILES string of the molecule is CCCOCCOc1cccc(C#N)c1. The van der Waals surface area contributed by atoms with Gasteiger partial charge in [-0.05, 0) is 24.6 Å². The molecule has 15 heavy (non-hydrogen) atoms. The minimum Gasteiger partial charge on any atom is -0.491 e. The van der Waals surface area contributed by atoms with Gasteiger partial charge in [0.25, 0.3) is 0 Å². The highest BCUT2D eigenvalue weighted by molar-refractivity contribution is 5.36. The minimum absolute atomic E-state index is 0.523. The van der Waals surface area contributed by atoms with E-state index in [4.69, 9.17) is 14.7 Å². The molecule has 0 atom stereocenters. The second kappa shape index (κ2) is 6.86. The summed E-state index contributed by atoms with van der Waals surface area (Å²) in [7, 11) is 0. The van der Waals surface area contributed by atoms with Gasteiger partial charge in [-0.2, -0.15) is 5.26 Å². The summed E-state index contributed by atoms with van der Waals surface area (Å²) >= 11 is 0. The molecule has 1 aromatic carbocycles. The molecule has 0 aliphatic heterocycles. The molecule has 3 nitrogen and oxygen atoms in total. The molecule has 0 aliphatic carbocycles. The molecule has 0 bridgehead atoms. The van der Waals surface area contributed by atoms with Gasteiger partial charge < -0.3 is 9.47 Å². The first kappa shape index (κ1) is 11.5. The molecule has 0 fully saturated rings. The average Bonchev–Trinajstić information content (AvgIpc) is 2.29. The van der Waals surface area contributed by atoms with Gasteiger partial charge in [0, 0.05) is 6.61 Å². The highest BCUT2D eigenvalue weighted by Gasteiger charge is 1.95. The lowest BCUT2D eigenvalue weighted by molar-refractivity contribution is 0.101. The Morgan fingerprint density at radius 3 is 2.87 bits per heavy atom. The van der Waals surface area contributed by atoms with E-state index in [2.05, 4.69) is 13.0 Å². The zero-order valence-corrected chi connectivity index (χ0v) is 8.90. The van der Waals surface area contributed by atoms with Gasteiger partial charge in [0.05, 0.1) is 18.2 Å². The van der Waals surface area contributed by atoms with Crippen molar-refractivity contribution in [3.63, 3.8) is 0 Å². The van der Waals surface area contributed by atoms with Crippen LogP contribution in [0.2, 0.25) is 0 Å². The van der Waals surface area contributed by atoms with Crippen molar-refractivity contribution >= 4 is 0 Å².